The van der Waals surface area contributed by atoms with Crippen LogP contribution in [0, 0.1) is 10.1 Å². The SMILES string of the molecule is O=C(Cc1ccccc1[N+](=O)[O-])N/N=C/c1cc2c(cc1Cl)OCO2. The van der Waals surface area contributed by atoms with Crippen LogP contribution < -0.4 is 14.9 Å². The topological polar surface area (TPSA) is 103 Å². The van der Waals surface area contributed by atoms with Gasteiger partial charge in [-0.25, -0.2) is 5.43 Å². The van der Waals surface area contributed by atoms with Crippen LogP contribution in [0.15, 0.2) is 41.5 Å². The van der Waals surface area contributed by atoms with Crippen molar-refractivity contribution in [3.63, 3.8) is 0 Å². The Balaban J connectivity index is 1.65. The van der Waals surface area contributed by atoms with Crippen LogP contribution in [0.3, 0.4) is 0 Å². The molecule has 0 aromatic heterocycles. The Morgan fingerprint density at radius 2 is 2.04 bits per heavy atom. The second-order valence-corrected chi connectivity index (χ2v) is 5.49. The summed E-state index contributed by atoms with van der Waals surface area (Å²) >= 11 is 6.09. The Hall–Kier alpha value is -3.13. The van der Waals surface area contributed by atoms with Crippen LogP contribution >= 0.6 is 11.6 Å². The number of hydrazone groups is 1. The predicted octanol–water partition coefficient (Wildman–Crippen LogP) is 2.67. The van der Waals surface area contributed by atoms with E-state index in [0.717, 1.165) is 0 Å². The van der Waals surface area contributed by atoms with Crippen molar-refractivity contribution in [3.05, 3.63) is 62.7 Å². The van der Waals surface area contributed by atoms with E-state index in [1.807, 2.05) is 0 Å². The summed E-state index contributed by atoms with van der Waals surface area (Å²) in [6, 6.07) is 9.28. The van der Waals surface area contributed by atoms with E-state index >= 15 is 0 Å². The van der Waals surface area contributed by atoms with Gasteiger partial charge in [0.1, 0.15) is 0 Å². The Morgan fingerprint density at radius 3 is 2.80 bits per heavy atom. The monoisotopic (exact) mass is 361 g/mol. The average Bonchev–Trinajstić information content (AvgIpc) is 3.02. The second-order valence-electron chi connectivity index (χ2n) is 5.08. The zero-order chi connectivity index (χ0) is 17.8. The third kappa shape index (κ3) is 3.86. The third-order valence-electron chi connectivity index (χ3n) is 3.42. The number of amides is 1. The quantitative estimate of drug-likeness (QED) is 0.501. The molecule has 9 heteroatoms. The van der Waals surface area contributed by atoms with Crippen molar-refractivity contribution < 1.29 is 19.2 Å². The molecule has 1 N–H and O–H groups in total. The van der Waals surface area contributed by atoms with E-state index in [1.54, 1.807) is 24.3 Å². The number of carbonyl (C=O) groups is 1. The molecule has 1 aliphatic rings. The van der Waals surface area contributed by atoms with Crippen molar-refractivity contribution in [3.8, 4) is 11.5 Å². The number of rotatable bonds is 5. The van der Waals surface area contributed by atoms with E-state index in [9.17, 15) is 14.9 Å². The fourth-order valence-electron chi connectivity index (χ4n) is 2.26. The summed E-state index contributed by atoms with van der Waals surface area (Å²) in [6.45, 7) is 0.124. The zero-order valence-electron chi connectivity index (χ0n) is 12.8. The number of para-hydroxylation sites is 1. The molecular weight excluding hydrogens is 350 g/mol. The summed E-state index contributed by atoms with van der Waals surface area (Å²) in [6.07, 6.45) is 1.20. The smallest absolute Gasteiger partial charge is 0.273 e. The van der Waals surface area contributed by atoms with Crippen molar-refractivity contribution in [2.75, 3.05) is 6.79 Å². The fourth-order valence-corrected chi connectivity index (χ4v) is 2.46. The molecule has 3 rings (SSSR count). The number of nitrogens with zero attached hydrogens (tertiary/aromatic N) is 2. The zero-order valence-corrected chi connectivity index (χ0v) is 13.5. The Morgan fingerprint density at radius 1 is 1.32 bits per heavy atom. The van der Waals surface area contributed by atoms with Gasteiger partial charge in [0.2, 0.25) is 12.7 Å². The van der Waals surface area contributed by atoms with Crippen LogP contribution in [0.25, 0.3) is 0 Å². The lowest BCUT2D eigenvalue weighted by atomic mass is 10.1. The number of carbonyl (C=O) groups excluding carboxylic acids is 1. The lowest BCUT2D eigenvalue weighted by molar-refractivity contribution is -0.385. The number of hydrogen-bond donors (Lipinski definition) is 1. The van der Waals surface area contributed by atoms with Crippen molar-refractivity contribution in [1.82, 2.24) is 5.43 Å². The van der Waals surface area contributed by atoms with Crippen molar-refractivity contribution in [1.29, 1.82) is 0 Å². The van der Waals surface area contributed by atoms with Gasteiger partial charge in [-0.1, -0.05) is 29.8 Å². The molecule has 2 aromatic rings. The number of fused-ring (bicyclic) bond motifs is 1. The molecule has 0 atom stereocenters. The maximum atomic E-state index is 11.9. The van der Waals surface area contributed by atoms with Crippen LogP contribution in [-0.4, -0.2) is 23.8 Å². The van der Waals surface area contributed by atoms with E-state index in [-0.39, 0.29) is 18.9 Å². The van der Waals surface area contributed by atoms with Crippen LogP contribution in [0.5, 0.6) is 11.5 Å². The number of benzene rings is 2. The first-order chi connectivity index (χ1) is 12.0. The number of nitro groups is 1. The standard InChI is InChI=1S/C16H12ClN3O5/c17-12-7-15-14(24-9-25-15)5-11(12)8-18-19-16(21)6-10-3-1-2-4-13(10)20(22)23/h1-5,7-8H,6,9H2,(H,19,21)/b18-8+. The van der Waals surface area contributed by atoms with E-state index in [4.69, 9.17) is 21.1 Å². The van der Waals surface area contributed by atoms with Crippen molar-refractivity contribution in [2.24, 2.45) is 5.10 Å². The molecule has 0 saturated carbocycles. The van der Waals surface area contributed by atoms with Gasteiger partial charge in [0, 0.05) is 23.3 Å². The molecule has 0 unspecified atom stereocenters. The van der Waals surface area contributed by atoms with Gasteiger partial charge in [-0.05, 0) is 6.07 Å². The lowest BCUT2D eigenvalue weighted by Crippen LogP contribution is -2.20. The normalized spacial score (nSPS) is 12.4. The van der Waals surface area contributed by atoms with Crippen LogP contribution in [0.2, 0.25) is 5.02 Å². The number of hydrogen-bond acceptors (Lipinski definition) is 6. The fraction of sp³-hybridized carbons (Fsp3) is 0.125. The Bertz CT molecular complexity index is 869. The molecule has 0 bridgehead atoms. The molecule has 25 heavy (non-hydrogen) atoms. The molecule has 0 saturated heterocycles. The first-order valence-corrected chi connectivity index (χ1v) is 7.56. The molecule has 0 fully saturated rings. The summed E-state index contributed by atoms with van der Waals surface area (Å²) in [4.78, 5) is 22.3. The molecule has 128 valence electrons. The van der Waals surface area contributed by atoms with E-state index in [1.165, 1.54) is 18.3 Å². The van der Waals surface area contributed by atoms with E-state index in [0.29, 0.717) is 27.6 Å². The minimum absolute atomic E-state index is 0.111. The number of ether oxygens (including phenoxy) is 2. The number of nitrogens with one attached hydrogen (secondary N) is 1. The molecule has 1 amide bonds. The molecule has 0 aliphatic carbocycles. The predicted molar refractivity (Wildman–Crippen MR) is 90.1 cm³/mol. The average molecular weight is 362 g/mol. The van der Waals surface area contributed by atoms with Gasteiger partial charge in [-0.15, -0.1) is 0 Å². The summed E-state index contributed by atoms with van der Waals surface area (Å²) < 4.78 is 10.4. The van der Waals surface area contributed by atoms with Gasteiger partial charge in [0.05, 0.1) is 22.6 Å². The van der Waals surface area contributed by atoms with Gasteiger partial charge in [0.15, 0.2) is 11.5 Å². The summed E-state index contributed by atoms with van der Waals surface area (Å²) in [5, 5.41) is 15.2. The highest BCUT2D eigenvalue weighted by Crippen LogP contribution is 2.36. The van der Waals surface area contributed by atoms with Gasteiger partial charge in [-0.3, -0.25) is 14.9 Å². The highest BCUT2D eigenvalue weighted by molar-refractivity contribution is 6.33. The van der Waals surface area contributed by atoms with E-state index in [2.05, 4.69) is 10.5 Å². The molecule has 2 aromatic carbocycles. The third-order valence-corrected chi connectivity index (χ3v) is 3.75. The maximum absolute atomic E-state index is 11.9. The molecule has 0 radical (unpaired) electrons. The molecule has 8 nitrogen and oxygen atoms in total. The molecular formula is C16H12ClN3O5. The largest absolute Gasteiger partial charge is 0.454 e. The first kappa shape index (κ1) is 16.7. The van der Waals surface area contributed by atoms with Gasteiger partial charge < -0.3 is 9.47 Å². The number of halogens is 1. The highest BCUT2D eigenvalue weighted by Gasteiger charge is 2.16. The minimum Gasteiger partial charge on any atom is -0.454 e. The van der Waals surface area contributed by atoms with Crippen LogP contribution in [0.1, 0.15) is 11.1 Å². The molecule has 0 spiro atoms. The van der Waals surface area contributed by atoms with Crippen molar-refractivity contribution in [2.45, 2.75) is 6.42 Å². The molecule has 1 aliphatic heterocycles. The summed E-state index contributed by atoms with van der Waals surface area (Å²) in [5.74, 6) is 0.599. The number of nitro benzene ring substituents is 1. The Labute approximate surface area is 147 Å². The van der Waals surface area contributed by atoms with Crippen LogP contribution in [-0.2, 0) is 11.2 Å². The van der Waals surface area contributed by atoms with Gasteiger partial charge in [-0.2, -0.15) is 5.10 Å². The highest BCUT2D eigenvalue weighted by atomic mass is 35.5. The Kier molecular flexibility index (Phi) is 4.80. The maximum Gasteiger partial charge on any atom is 0.273 e. The first-order valence-electron chi connectivity index (χ1n) is 7.18. The van der Waals surface area contributed by atoms with Crippen molar-refractivity contribution >= 4 is 29.4 Å². The molecule has 1 heterocycles. The van der Waals surface area contributed by atoms with Crippen LogP contribution in [0.4, 0.5) is 5.69 Å². The minimum atomic E-state index is -0.529. The van der Waals surface area contributed by atoms with E-state index < -0.39 is 10.8 Å². The summed E-state index contributed by atoms with van der Waals surface area (Å²) in [7, 11) is 0. The lowest BCUT2D eigenvalue weighted by Gasteiger charge is -2.03. The van der Waals surface area contributed by atoms with Gasteiger partial charge >= 0.3 is 0 Å². The summed E-state index contributed by atoms with van der Waals surface area (Å²) in [5.41, 5.74) is 3.05. The second kappa shape index (κ2) is 7.18. The van der Waals surface area contributed by atoms with Gasteiger partial charge in [0.25, 0.3) is 5.69 Å².